The molecule has 5 rings (SSSR count). The summed E-state index contributed by atoms with van der Waals surface area (Å²) in [6.07, 6.45) is -0.608. The van der Waals surface area contributed by atoms with E-state index in [0.717, 1.165) is 0 Å². The molecule has 39 heavy (non-hydrogen) atoms. The van der Waals surface area contributed by atoms with Crippen LogP contribution in [0.5, 0.6) is 0 Å². The minimum absolute atomic E-state index is 0.125. The third-order valence-electron chi connectivity index (χ3n) is 6.52. The van der Waals surface area contributed by atoms with E-state index in [4.69, 9.17) is 4.98 Å². The number of para-hydroxylation sites is 1. The van der Waals surface area contributed by atoms with E-state index in [1.165, 1.54) is 9.47 Å². The highest BCUT2D eigenvalue weighted by atomic mass is 16.4. The van der Waals surface area contributed by atoms with Gasteiger partial charge in [0.25, 0.3) is 17.4 Å². The Labute approximate surface area is 223 Å². The Morgan fingerprint density at radius 1 is 0.949 bits per heavy atom. The van der Waals surface area contributed by atoms with Gasteiger partial charge in [-0.1, -0.05) is 55.2 Å². The molecular formula is C30H24N4O5. The molecule has 1 aromatic heterocycles. The van der Waals surface area contributed by atoms with Gasteiger partial charge in [0.2, 0.25) is 0 Å². The highest BCUT2D eigenvalue weighted by molar-refractivity contribution is 6.21. The molecule has 0 saturated carbocycles. The average Bonchev–Trinajstić information content (AvgIpc) is 3.19. The molecule has 0 saturated heterocycles. The van der Waals surface area contributed by atoms with Crippen molar-refractivity contribution in [1.29, 1.82) is 0 Å². The Hall–Kier alpha value is -5.23. The van der Waals surface area contributed by atoms with Crippen LogP contribution in [0.1, 0.15) is 57.9 Å². The predicted molar refractivity (Wildman–Crippen MR) is 145 cm³/mol. The van der Waals surface area contributed by atoms with Crippen molar-refractivity contribution in [2.24, 2.45) is 0 Å². The van der Waals surface area contributed by atoms with Gasteiger partial charge in [0.15, 0.2) is 0 Å². The van der Waals surface area contributed by atoms with Crippen molar-refractivity contribution in [1.82, 2.24) is 19.8 Å². The third kappa shape index (κ3) is 4.76. The fraction of sp³-hybridized carbons (Fsp3) is 0.167. The smallest absolute Gasteiger partial charge is 0.405 e. The van der Waals surface area contributed by atoms with Gasteiger partial charge in [-0.05, 0) is 42.8 Å². The zero-order valence-corrected chi connectivity index (χ0v) is 21.0. The highest BCUT2D eigenvalue weighted by Gasteiger charge is 2.34. The summed E-state index contributed by atoms with van der Waals surface area (Å²) in [6, 6.07) is 20.0. The zero-order valence-electron chi connectivity index (χ0n) is 21.0. The first kappa shape index (κ1) is 25.4. The van der Waals surface area contributed by atoms with Crippen LogP contribution in [0.4, 0.5) is 4.79 Å². The van der Waals surface area contributed by atoms with E-state index in [1.54, 1.807) is 66.7 Å². The summed E-state index contributed by atoms with van der Waals surface area (Å²) in [6.45, 7) is 1.93. The SMILES string of the molecule is CCC(NC(=O)O)c1nc2cccc(C#CCCN3C(=O)c4ccccc4C3=O)c2c(=O)n1-c1ccccc1. The maximum atomic E-state index is 13.9. The summed E-state index contributed by atoms with van der Waals surface area (Å²) in [7, 11) is 0. The minimum Gasteiger partial charge on any atom is -0.465 e. The maximum Gasteiger partial charge on any atom is 0.405 e. The molecule has 3 aromatic carbocycles. The van der Waals surface area contributed by atoms with Gasteiger partial charge in [-0.2, -0.15) is 0 Å². The fourth-order valence-corrected chi connectivity index (χ4v) is 4.68. The molecule has 2 heterocycles. The van der Waals surface area contributed by atoms with Crippen LogP contribution in [0.3, 0.4) is 0 Å². The lowest BCUT2D eigenvalue weighted by Gasteiger charge is -2.20. The molecular weight excluding hydrogens is 496 g/mol. The van der Waals surface area contributed by atoms with Crippen LogP contribution in [-0.2, 0) is 0 Å². The molecule has 194 valence electrons. The highest BCUT2D eigenvalue weighted by Crippen LogP contribution is 2.23. The number of nitrogens with zero attached hydrogens (tertiary/aromatic N) is 3. The number of carbonyl (C=O) groups is 3. The maximum absolute atomic E-state index is 13.9. The number of carbonyl (C=O) groups excluding carboxylic acids is 2. The Kier molecular flexibility index (Phi) is 6.93. The molecule has 0 radical (unpaired) electrons. The number of amides is 3. The van der Waals surface area contributed by atoms with Gasteiger partial charge in [0.05, 0.1) is 33.8 Å². The summed E-state index contributed by atoms with van der Waals surface area (Å²) >= 11 is 0. The summed E-state index contributed by atoms with van der Waals surface area (Å²) < 4.78 is 1.41. The largest absolute Gasteiger partial charge is 0.465 e. The van der Waals surface area contributed by atoms with Gasteiger partial charge in [-0.25, -0.2) is 9.78 Å². The zero-order chi connectivity index (χ0) is 27.5. The van der Waals surface area contributed by atoms with Gasteiger partial charge in [-0.3, -0.25) is 23.9 Å². The van der Waals surface area contributed by atoms with Crippen molar-refractivity contribution in [3.8, 4) is 17.5 Å². The first-order valence-corrected chi connectivity index (χ1v) is 12.4. The molecule has 1 atom stereocenters. The van der Waals surface area contributed by atoms with E-state index in [2.05, 4.69) is 17.2 Å². The van der Waals surface area contributed by atoms with Crippen LogP contribution in [-0.4, -0.2) is 44.0 Å². The lowest BCUT2D eigenvalue weighted by atomic mass is 10.1. The summed E-state index contributed by atoms with van der Waals surface area (Å²) in [5.74, 6) is 5.60. The molecule has 4 aromatic rings. The number of fused-ring (bicyclic) bond motifs is 2. The predicted octanol–water partition coefficient (Wildman–Crippen LogP) is 4.14. The molecule has 3 amide bonds. The lowest BCUT2D eigenvalue weighted by Crippen LogP contribution is -2.33. The Balaban J connectivity index is 1.52. The third-order valence-corrected chi connectivity index (χ3v) is 6.52. The van der Waals surface area contributed by atoms with Crippen molar-refractivity contribution in [3.05, 3.63) is 106 Å². The molecule has 2 N–H and O–H groups in total. The van der Waals surface area contributed by atoms with Crippen molar-refractivity contribution < 1.29 is 19.5 Å². The van der Waals surface area contributed by atoms with E-state index in [-0.39, 0.29) is 36.2 Å². The Morgan fingerprint density at radius 2 is 1.62 bits per heavy atom. The van der Waals surface area contributed by atoms with Crippen LogP contribution >= 0.6 is 0 Å². The summed E-state index contributed by atoms with van der Waals surface area (Å²) in [5.41, 5.74) is 1.78. The van der Waals surface area contributed by atoms with Gasteiger partial charge < -0.3 is 10.4 Å². The van der Waals surface area contributed by atoms with Crippen molar-refractivity contribution in [2.45, 2.75) is 25.8 Å². The number of hydrogen-bond acceptors (Lipinski definition) is 5. The molecule has 9 nitrogen and oxygen atoms in total. The molecule has 0 spiro atoms. The van der Waals surface area contributed by atoms with Gasteiger partial charge in [0, 0.05) is 18.5 Å². The first-order valence-electron chi connectivity index (χ1n) is 12.4. The number of carboxylic acid groups (broad SMARTS) is 1. The van der Waals surface area contributed by atoms with Crippen LogP contribution in [0, 0.1) is 11.8 Å². The molecule has 0 fully saturated rings. The Bertz CT molecular complexity index is 1700. The number of imide groups is 1. The van der Waals surface area contributed by atoms with E-state index >= 15 is 0 Å². The number of hydrogen-bond donors (Lipinski definition) is 2. The second kappa shape index (κ2) is 10.6. The first-order chi connectivity index (χ1) is 18.9. The monoisotopic (exact) mass is 520 g/mol. The quantitative estimate of drug-likeness (QED) is 0.291. The van der Waals surface area contributed by atoms with E-state index in [0.29, 0.717) is 39.7 Å². The molecule has 1 aliphatic rings. The second-order valence-corrected chi connectivity index (χ2v) is 8.92. The molecule has 1 unspecified atom stereocenters. The standard InChI is InChI=1S/C30H24N4O5/c1-2-23(32-30(38)39)26-31-24-17-10-12-19(25(24)29(37)34(26)20-13-4-3-5-14-20)11-8-9-18-33-27(35)21-15-6-7-16-22(21)28(33)36/h3-7,10,12-17,23,32H,2,9,18H2,1H3,(H,38,39). The van der Waals surface area contributed by atoms with Gasteiger partial charge in [0.1, 0.15) is 5.82 Å². The van der Waals surface area contributed by atoms with E-state index in [9.17, 15) is 24.3 Å². The number of aromatic nitrogens is 2. The molecule has 9 heteroatoms. The van der Waals surface area contributed by atoms with Crippen LogP contribution in [0.2, 0.25) is 0 Å². The summed E-state index contributed by atoms with van der Waals surface area (Å²) in [4.78, 5) is 56.5. The van der Waals surface area contributed by atoms with Crippen molar-refractivity contribution >= 4 is 28.8 Å². The fourth-order valence-electron chi connectivity index (χ4n) is 4.68. The van der Waals surface area contributed by atoms with Gasteiger partial charge >= 0.3 is 6.09 Å². The Morgan fingerprint density at radius 3 is 2.26 bits per heavy atom. The average molecular weight is 521 g/mol. The lowest BCUT2D eigenvalue weighted by molar-refractivity contribution is 0.0657. The topological polar surface area (TPSA) is 122 Å². The van der Waals surface area contributed by atoms with Crippen LogP contribution in [0.15, 0.2) is 77.6 Å². The normalized spacial score (nSPS) is 13.1. The van der Waals surface area contributed by atoms with Crippen LogP contribution < -0.4 is 10.9 Å². The molecule has 0 aliphatic carbocycles. The number of benzene rings is 3. The van der Waals surface area contributed by atoms with E-state index < -0.39 is 12.1 Å². The van der Waals surface area contributed by atoms with Gasteiger partial charge in [-0.15, -0.1) is 0 Å². The summed E-state index contributed by atoms with van der Waals surface area (Å²) in [5, 5.41) is 12.1. The molecule has 1 aliphatic heterocycles. The molecule has 0 bridgehead atoms. The second-order valence-electron chi connectivity index (χ2n) is 8.92. The number of rotatable bonds is 6. The minimum atomic E-state index is -1.21. The van der Waals surface area contributed by atoms with Crippen molar-refractivity contribution in [3.63, 3.8) is 0 Å². The van der Waals surface area contributed by atoms with Crippen molar-refractivity contribution in [2.75, 3.05) is 6.54 Å². The van der Waals surface area contributed by atoms with E-state index in [1.807, 2.05) is 13.0 Å². The number of nitrogens with one attached hydrogen (secondary N) is 1. The van der Waals surface area contributed by atoms with Crippen LogP contribution in [0.25, 0.3) is 16.6 Å².